The van der Waals surface area contributed by atoms with E-state index in [4.69, 9.17) is 4.74 Å². The van der Waals surface area contributed by atoms with Gasteiger partial charge in [-0.2, -0.15) is 0 Å². The van der Waals surface area contributed by atoms with Gasteiger partial charge in [-0.1, -0.05) is 0 Å². The normalized spacial score (nSPS) is 18.0. The number of nitrogens with zero attached hydrogens (tertiary/aromatic N) is 1. The molecule has 0 unspecified atom stereocenters. The van der Waals surface area contributed by atoms with Gasteiger partial charge in [0, 0.05) is 49.4 Å². The van der Waals surface area contributed by atoms with Crippen molar-refractivity contribution in [2.24, 2.45) is 0 Å². The Morgan fingerprint density at radius 3 is 3.00 bits per heavy atom. The summed E-state index contributed by atoms with van der Waals surface area (Å²) in [5.74, 6) is 0.531. The Labute approximate surface area is 92.9 Å². The van der Waals surface area contributed by atoms with E-state index in [9.17, 15) is 4.79 Å². The first-order valence-corrected chi connectivity index (χ1v) is 5.61. The fourth-order valence-electron chi connectivity index (χ4n) is 2.25. The van der Waals surface area contributed by atoms with E-state index >= 15 is 0 Å². The summed E-state index contributed by atoms with van der Waals surface area (Å²) in [4.78, 5) is 14.5. The Bertz CT molecular complexity index is 549. The minimum absolute atomic E-state index is 0.0420. The van der Waals surface area contributed by atoms with Crippen LogP contribution >= 0.6 is 0 Å². The van der Waals surface area contributed by atoms with Crippen LogP contribution in [-0.2, 0) is 4.74 Å². The molecule has 2 aromatic heterocycles. The van der Waals surface area contributed by atoms with Gasteiger partial charge in [-0.15, -0.1) is 0 Å². The third kappa shape index (κ3) is 1.65. The molecule has 1 aliphatic heterocycles. The van der Waals surface area contributed by atoms with Crippen molar-refractivity contribution in [1.82, 2.24) is 9.38 Å². The Hall–Kier alpha value is -1.55. The lowest BCUT2D eigenvalue weighted by atomic mass is 9.97. The molecule has 1 N–H and O–H groups in total. The smallest absolute Gasteiger partial charge is 0.183 e. The van der Waals surface area contributed by atoms with Crippen molar-refractivity contribution in [2.45, 2.75) is 18.8 Å². The van der Waals surface area contributed by atoms with E-state index in [1.807, 2.05) is 4.40 Å². The standard InChI is InChI=1S/C12H14N2O2/c15-10-1-4-14-8-11(13-12(14)7-10)9-2-5-16-6-3-9/h1,4,7-9,13H,2-3,5-6H2. The zero-order valence-corrected chi connectivity index (χ0v) is 8.98. The molecule has 0 aliphatic carbocycles. The zero-order chi connectivity index (χ0) is 11.0. The van der Waals surface area contributed by atoms with Crippen molar-refractivity contribution in [3.05, 3.63) is 40.4 Å². The van der Waals surface area contributed by atoms with Gasteiger partial charge in [-0.05, 0) is 12.8 Å². The Balaban J connectivity index is 2.00. The first-order chi connectivity index (χ1) is 7.83. The summed E-state index contributed by atoms with van der Waals surface area (Å²) >= 11 is 0. The molecule has 0 saturated carbocycles. The fraction of sp³-hybridized carbons (Fsp3) is 0.417. The largest absolute Gasteiger partial charge is 0.381 e. The second kappa shape index (κ2) is 3.79. The molecule has 1 aliphatic rings. The van der Waals surface area contributed by atoms with Crippen LogP contribution in [0.3, 0.4) is 0 Å². The quantitative estimate of drug-likeness (QED) is 0.788. The van der Waals surface area contributed by atoms with Gasteiger partial charge in [0.25, 0.3) is 0 Å². The molecule has 3 heterocycles. The number of imidazole rings is 1. The number of rotatable bonds is 1. The van der Waals surface area contributed by atoms with Gasteiger partial charge in [-0.3, -0.25) is 4.79 Å². The fourth-order valence-corrected chi connectivity index (χ4v) is 2.25. The van der Waals surface area contributed by atoms with Crippen LogP contribution in [0.1, 0.15) is 24.5 Å². The number of pyridine rings is 1. The molecular weight excluding hydrogens is 204 g/mol. The highest BCUT2D eigenvalue weighted by atomic mass is 16.5. The van der Waals surface area contributed by atoms with Crippen molar-refractivity contribution in [2.75, 3.05) is 13.2 Å². The Kier molecular flexibility index (Phi) is 2.29. The molecule has 2 aromatic rings. The van der Waals surface area contributed by atoms with Gasteiger partial charge in [0.1, 0.15) is 5.65 Å². The minimum atomic E-state index is 0.0420. The van der Waals surface area contributed by atoms with Crippen molar-refractivity contribution >= 4 is 5.65 Å². The second-order valence-electron chi connectivity index (χ2n) is 4.25. The Morgan fingerprint density at radius 1 is 1.38 bits per heavy atom. The Morgan fingerprint density at radius 2 is 2.19 bits per heavy atom. The van der Waals surface area contributed by atoms with Crippen LogP contribution in [0.15, 0.2) is 29.3 Å². The maximum absolute atomic E-state index is 11.2. The van der Waals surface area contributed by atoms with Crippen LogP contribution < -0.4 is 5.43 Å². The number of H-pyrrole nitrogens is 1. The lowest BCUT2D eigenvalue weighted by Crippen LogP contribution is -2.14. The van der Waals surface area contributed by atoms with Gasteiger partial charge in [0.05, 0.1) is 0 Å². The molecular formula is C12H14N2O2. The molecule has 3 rings (SSSR count). The summed E-state index contributed by atoms with van der Waals surface area (Å²) in [5.41, 5.74) is 2.11. The molecule has 0 spiro atoms. The molecule has 0 amide bonds. The summed E-state index contributed by atoms with van der Waals surface area (Å²) in [6.45, 7) is 1.66. The number of hydrogen-bond donors (Lipinski definition) is 1. The molecule has 0 radical (unpaired) electrons. The van der Waals surface area contributed by atoms with Gasteiger partial charge in [0.15, 0.2) is 5.43 Å². The number of hydrogen-bond acceptors (Lipinski definition) is 2. The monoisotopic (exact) mass is 218 g/mol. The summed E-state index contributed by atoms with van der Waals surface area (Å²) in [7, 11) is 0. The minimum Gasteiger partial charge on any atom is -0.381 e. The lowest BCUT2D eigenvalue weighted by Gasteiger charge is -2.20. The topological polar surface area (TPSA) is 46.5 Å². The van der Waals surface area contributed by atoms with Gasteiger partial charge >= 0.3 is 0 Å². The van der Waals surface area contributed by atoms with Crippen LogP contribution in [0.4, 0.5) is 0 Å². The lowest BCUT2D eigenvalue weighted by molar-refractivity contribution is 0.0846. The number of aromatic nitrogens is 2. The molecule has 16 heavy (non-hydrogen) atoms. The molecule has 0 bridgehead atoms. The van der Waals surface area contributed by atoms with E-state index in [1.54, 1.807) is 18.3 Å². The number of nitrogens with one attached hydrogen (secondary N) is 1. The summed E-state index contributed by atoms with van der Waals surface area (Å²) in [5, 5.41) is 0. The van der Waals surface area contributed by atoms with Crippen molar-refractivity contribution < 1.29 is 4.74 Å². The van der Waals surface area contributed by atoms with E-state index in [-0.39, 0.29) is 5.43 Å². The first-order valence-electron chi connectivity index (χ1n) is 5.61. The highest BCUT2D eigenvalue weighted by Crippen LogP contribution is 2.25. The molecule has 4 nitrogen and oxygen atoms in total. The molecule has 0 atom stereocenters. The van der Waals surface area contributed by atoms with Gasteiger partial charge in [-0.25, -0.2) is 0 Å². The van der Waals surface area contributed by atoms with Crippen molar-refractivity contribution in [3.8, 4) is 0 Å². The molecule has 1 fully saturated rings. The van der Waals surface area contributed by atoms with Crippen molar-refractivity contribution in [1.29, 1.82) is 0 Å². The van der Waals surface area contributed by atoms with E-state index < -0.39 is 0 Å². The van der Waals surface area contributed by atoms with E-state index in [0.717, 1.165) is 31.7 Å². The maximum atomic E-state index is 11.2. The van der Waals surface area contributed by atoms with E-state index in [0.29, 0.717) is 5.92 Å². The summed E-state index contributed by atoms with van der Waals surface area (Å²) in [6.07, 6.45) is 5.98. The van der Waals surface area contributed by atoms with Gasteiger partial charge in [0.2, 0.25) is 0 Å². The number of ether oxygens (including phenoxy) is 1. The predicted molar refractivity (Wildman–Crippen MR) is 60.8 cm³/mol. The van der Waals surface area contributed by atoms with Gasteiger partial charge < -0.3 is 14.1 Å². The molecule has 4 heteroatoms. The molecule has 0 aromatic carbocycles. The van der Waals surface area contributed by atoms with E-state index in [1.165, 1.54) is 5.69 Å². The van der Waals surface area contributed by atoms with Crippen LogP contribution in [0.25, 0.3) is 5.65 Å². The summed E-state index contributed by atoms with van der Waals surface area (Å²) < 4.78 is 7.31. The van der Waals surface area contributed by atoms with E-state index in [2.05, 4.69) is 11.2 Å². The number of aromatic amines is 1. The highest BCUT2D eigenvalue weighted by Gasteiger charge is 2.17. The number of fused-ring (bicyclic) bond motifs is 1. The molecule has 1 saturated heterocycles. The predicted octanol–water partition coefficient (Wildman–Crippen LogP) is 1.52. The highest BCUT2D eigenvalue weighted by molar-refractivity contribution is 5.40. The maximum Gasteiger partial charge on any atom is 0.183 e. The molecule has 84 valence electrons. The SMILES string of the molecule is O=c1ccn2cc(C3CCOCC3)[nH]c2c1. The third-order valence-electron chi connectivity index (χ3n) is 3.17. The van der Waals surface area contributed by atoms with Crippen molar-refractivity contribution in [3.63, 3.8) is 0 Å². The second-order valence-corrected chi connectivity index (χ2v) is 4.25. The van der Waals surface area contributed by atoms with Crippen LogP contribution in [0.2, 0.25) is 0 Å². The average Bonchev–Trinajstić information content (AvgIpc) is 2.73. The zero-order valence-electron chi connectivity index (χ0n) is 8.98. The average molecular weight is 218 g/mol. The van der Waals surface area contributed by atoms with Crippen LogP contribution in [-0.4, -0.2) is 22.6 Å². The van der Waals surface area contributed by atoms with Crippen LogP contribution in [0.5, 0.6) is 0 Å². The first kappa shape index (κ1) is 9.66. The van der Waals surface area contributed by atoms with Crippen LogP contribution in [0, 0.1) is 0 Å². The third-order valence-corrected chi connectivity index (χ3v) is 3.17. The summed E-state index contributed by atoms with van der Waals surface area (Å²) in [6, 6.07) is 3.21.